The predicted octanol–water partition coefficient (Wildman–Crippen LogP) is 7.40. The summed E-state index contributed by atoms with van der Waals surface area (Å²) in [5.74, 6) is 0. The molecule has 0 fully saturated rings. The van der Waals surface area contributed by atoms with Crippen LogP contribution in [-0.4, -0.2) is 9.97 Å². The van der Waals surface area contributed by atoms with E-state index in [1.54, 1.807) is 0 Å². The first-order valence-electron chi connectivity index (χ1n) is 10.7. The summed E-state index contributed by atoms with van der Waals surface area (Å²) in [5, 5.41) is 0. The van der Waals surface area contributed by atoms with Gasteiger partial charge in [0.15, 0.2) is 0 Å². The number of unbranched alkanes of at least 4 members (excludes halogenated alkanes) is 3. The van der Waals surface area contributed by atoms with Crippen LogP contribution in [0.2, 0.25) is 0 Å². The van der Waals surface area contributed by atoms with Crippen LogP contribution in [0.1, 0.15) is 43.9 Å². The molecule has 1 heterocycles. The molecule has 1 aromatic heterocycles. The lowest BCUT2D eigenvalue weighted by Crippen LogP contribution is -1.94. The Kier molecular flexibility index (Phi) is 6.00. The third kappa shape index (κ3) is 4.54. The van der Waals surface area contributed by atoms with Gasteiger partial charge in [-0.3, -0.25) is 0 Å². The van der Waals surface area contributed by atoms with Gasteiger partial charge >= 0.3 is 0 Å². The summed E-state index contributed by atoms with van der Waals surface area (Å²) >= 11 is 0. The van der Waals surface area contributed by atoms with Crippen LogP contribution < -0.4 is 0 Å². The van der Waals surface area contributed by atoms with Gasteiger partial charge in [0.1, 0.15) is 0 Å². The van der Waals surface area contributed by atoms with Crippen LogP contribution in [0.5, 0.6) is 0 Å². The lowest BCUT2D eigenvalue weighted by molar-refractivity contribution is 0.667. The Morgan fingerprint density at radius 3 is 2.14 bits per heavy atom. The van der Waals surface area contributed by atoms with Crippen molar-refractivity contribution in [2.45, 2.75) is 46.0 Å². The summed E-state index contributed by atoms with van der Waals surface area (Å²) in [6.45, 7) is 4.29. The van der Waals surface area contributed by atoms with Crippen molar-refractivity contribution >= 4 is 11.0 Å². The first-order valence-corrected chi connectivity index (χ1v) is 10.7. The van der Waals surface area contributed by atoms with Gasteiger partial charge in [0, 0.05) is 5.56 Å². The second-order valence-corrected chi connectivity index (χ2v) is 7.73. The normalized spacial score (nSPS) is 11.1. The Labute approximate surface area is 173 Å². The van der Waals surface area contributed by atoms with Gasteiger partial charge in [0.25, 0.3) is 0 Å². The highest BCUT2D eigenvalue weighted by molar-refractivity contribution is 5.79. The van der Waals surface area contributed by atoms with Gasteiger partial charge in [-0.2, -0.15) is 0 Å². The number of rotatable bonds is 7. The lowest BCUT2D eigenvalue weighted by Gasteiger charge is -2.09. The number of aryl methyl sites for hydroxylation is 2. The van der Waals surface area contributed by atoms with Crippen LogP contribution in [0, 0.1) is 6.92 Å². The zero-order valence-electron chi connectivity index (χ0n) is 17.4. The molecule has 0 spiro atoms. The Morgan fingerprint density at radius 1 is 0.655 bits per heavy atom. The van der Waals surface area contributed by atoms with Crippen LogP contribution >= 0.6 is 0 Å². The van der Waals surface area contributed by atoms with Crippen LogP contribution in [0.15, 0.2) is 72.8 Å². The van der Waals surface area contributed by atoms with E-state index in [1.165, 1.54) is 48.8 Å². The fourth-order valence-electron chi connectivity index (χ4n) is 3.83. The SMILES string of the molecule is CCCCCCc1ccc(-c2cccc(-c3nc4ccccc4nc3C)c2)cc1. The van der Waals surface area contributed by atoms with Crippen LogP contribution in [0.25, 0.3) is 33.4 Å². The van der Waals surface area contributed by atoms with Crippen molar-refractivity contribution in [2.75, 3.05) is 0 Å². The van der Waals surface area contributed by atoms with Gasteiger partial charge in [-0.05, 0) is 54.7 Å². The molecule has 0 bridgehead atoms. The van der Waals surface area contributed by atoms with E-state index in [2.05, 4.69) is 55.5 Å². The maximum absolute atomic E-state index is 4.88. The van der Waals surface area contributed by atoms with E-state index in [1.807, 2.05) is 31.2 Å². The number of hydrogen-bond acceptors (Lipinski definition) is 2. The van der Waals surface area contributed by atoms with Gasteiger partial charge in [0.05, 0.1) is 22.4 Å². The molecule has 2 heteroatoms. The van der Waals surface area contributed by atoms with Crippen molar-refractivity contribution in [3.8, 4) is 22.4 Å². The zero-order chi connectivity index (χ0) is 20.1. The quantitative estimate of drug-likeness (QED) is 0.312. The summed E-state index contributed by atoms with van der Waals surface area (Å²) in [5.41, 5.74) is 8.80. The van der Waals surface area contributed by atoms with E-state index < -0.39 is 0 Å². The van der Waals surface area contributed by atoms with E-state index in [0.29, 0.717) is 0 Å². The van der Waals surface area contributed by atoms with E-state index in [4.69, 9.17) is 9.97 Å². The van der Waals surface area contributed by atoms with Crippen molar-refractivity contribution in [3.05, 3.63) is 84.1 Å². The molecule has 29 heavy (non-hydrogen) atoms. The molecule has 0 saturated carbocycles. The fraction of sp³-hybridized carbons (Fsp3) is 0.259. The number of nitrogens with zero attached hydrogens (tertiary/aromatic N) is 2. The molecule has 3 aromatic carbocycles. The van der Waals surface area contributed by atoms with Crippen LogP contribution in [0.4, 0.5) is 0 Å². The van der Waals surface area contributed by atoms with Gasteiger partial charge in [-0.1, -0.05) is 80.8 Å². The molecule has 4 aromatic rings. The molecule has 4 rings (SSSR count). The van der Waals surface area contributed by atoms with E-state index in [9.17, 15) is 0 Å². The Bertz CT molecular complexity index is 1100. The number of benzene rings is 3. The second-order valence-electron chi connectivity index (χ2n) is 7.73. The smallest absolute Gasteiger partial charge is 0.0922 e. The molecule has 0 atom stereocenters. The second kappa shape index (κ2) is 9.00. The molecule has 0 saturated heterocycles. The minimum Gasteiger partial charge on any atom is -0.249 e. The van der Waals surface area contributed by atoms with Gasteiger partial charge in [-0.25, -0.2) is 9.97 Å². The lowest BCUT2D eigenvalue weighted by atomic mass is 9.98. The number of fused-ring (bicyclic) bond motifs is 1. The van der Waals surface area contributed by atoms with Crippen LogP contribution in [-0.2, 0) is 6.42 Å². The van der Waals surface area contributed by atoms with Gasteiger partial charge < -0.3 is 0 Å². The van der Waals surface area contributed by atoms with Crippen molar-refractivity contribution in [1.82, 2.24) is 9.97 Å². The maximum Gasteiger partial charge on any atom is 0.0922 e. The van der Waals surface area contributed by atoms with Crippen LogP contribution in [0.3, 0.4) is 0 Å². The molecule has 0 aliphatic rings. The standard InChI is InChI=1S/C27H28N2/c1-3-4-5-6-10-21-15-17-22(18-16-21)23-11-9-12-24(19-23)27-20(2)28-25-13-7-8-14-26(25)29-27/h7-9,11-19H,3-6,10H2,1-2H3. The first kappa shape index (κ1) is 19.3. The summed E-state index contributed by atoms with van der Waals surface area (Å²) in [4.78, 5) is 9.63. The molecule has 0 unspecified atom stereocenters. The summed E-state index contributed by atoms with van der Waals surface area (Å²) < 4.78 is 0. The Balaban J connectivity index is 1.58. The molecule has 0 aliphatic carbocycles. The largest absolute Gasteiger partial charge is 0.249 e. The number of aromatic nitrogens is 2. The monoisotopic (exact) mass is 380 g/mol. The van der Waals surface area contributed by atoms with Gasteiger partial charge in [0.2, 0.25) is 0 Å². The van der Waals surface area contributed by atoms with E-state index >= 15 is 0 Å². The average Bonchev–Trinajstić information content (AvgIpc) is 2.77. The minimum absolute atomic E-state index is 0.936. The molecule has 0 N–H and O–H groups in total. The van der Waals surface area contributed by atoms with Crippen molar-refractivity contribution in [3.63, 3.8) is 0 Å². The maximum atomic E-state index is 4.88. The molecule has 146 valence electrons. The molecule has 2 nitrogen and oxygen atoms in total. The predicted molar refractivity (Wildman–Crippen MR) is 123 cm³/mol. The summed E-state index contributed by atoms with van der Waals surface area (Å²) in [7, 11) is 0. The first-order chi connectivity index (χ1) is 14.2. The fourth-order valence-corrected chi connectivity index (χ4v) is 3.83. The topological polar surface area (TPSA) is 25.8 Å². The third-order valence-corrected chi connectivity index (χ3v) is 5.49. The van der Waals surface area contributed by atoms with Crippen molar-refractivity contribution < 1.29 is 0 Å². The van der Waals surface area contributed by atoms with Crippen molar-refractivity contribution in [2.24, 2.45) is 0 Å². The average molecular weight is 381 g/mol. The summed E-state index contributed by atoms with van der Waals surface area (Å²) in [6, 6.07) is 25.7. The molecule has 0 radical (unpaired) electrons. The molecular weight excluding hydrogens is 352 g/mol. The Morgan fingerprint density at radius 2 is 1.38 bits per heavy atom. The summed E-state index contributed by atoms with van der Waals surface area (Å²) in [6.07, 6.45) is 6.40. The van der Waals surface area contributed by atoms with Crippen molar-refractivity contribution in [1.29, 1.82) is 0 Å². The number of hydrogen-bond donors (Lipinski definition) is 0. The molecule has 0 amide bonds. The Hall–Kier alpha value is -3.00. The minimum atomic E-state index is 0.936. The third-order valence-electron chi connectivity index (χ3n) is 5.49. The molecule has 0 aliphatic heterocycles. The highest BCUT2D eigenvalue weighted by Crippen LogP contribution is 2.28. The highest BCUT2D eigenvalue weighted by Gasteiger charge is 2.09. The van der Waals surface area contributed by atoms with Gasteiger partial charge in [-0.15, -0.1) is 0 Å². The number of para-hydroxylation sites is 2. The molecular formula is C27H28N2. The van der Waals surface area contributed by atoms with E-state index in [0.717, 1.165) is 28.0 Å². The highest BCUT2D eigenvalue weighted by atomic mass is 14.8. The van der Waals surface area contributed by atoms with E-state index in [-0.39, 0.29) is 0 Å². The zero-order valence-corrected chi connectivity index (χ0v) is 17.4.